The highest BCUT2D eigenvalue weighted by molar-refractivity contribution is 7.92. The van der Waals surface area contributed by atoms with Gasteiger partial charge in [0.15, 0.2) is 0 Å². The molecule has 166 valence electrons. The summed E-state index contributed by atoms with van der Waals surface area (Å²) in [5.74, 6) is 1.11. The summed E-state index contributed by atoms with van der Waals surface area (Å²) < 4.78 is 40.9. The number of methoxy groups -OCH3 is 1. The van der Waals surface area contributed by atoms with E-state index in [4.69, 9.17) is 21.1 Å². The Morgan fingerprint density at radius 3 is 2.55 bits per heavy atom. The van der Waals surface area contributed by atoms with Crippen LogP contribution < -0.4 is 14.2 Å². The number of fused-ring (bicyclic) bond motifs is 3. The maximum Gasteiger partial charge on any atom is 0.266 e. The molecule has 0 saturated heterocycles. The fourth-order valence-electron chi connectivity index (χ4n) is 3.28. The van der Waals surface area contributed by atoms with Gasteiger partial charge < -0.3 is 9.47 Å². The van der Waals surface area contributed by atoms with E-state index in [1.165, 1.54) is 19.2 Å². The largest absolute Gasteiger partial charge is 0.497 e. The van der Waals surface area contributed by atoms with Crippen molar-refractivity contribution >= 4 is 44.0 Å². The first-order valence-corrected chi connectivity index (χ1v) is 11.5. The van der Waals surface area contributed by atoms with E-state index < -0.39 is 10.0 Å². The number of benzene rings is 3. The molecule has 0 aliphatic heterocycles. The van der Waals surface area contributed by atoms with Gasteiger partial charge in [0, 0.05) is 11.8 Å². The lowest BCUT2D eigenvalue weighted by molar-refractivity contribution is 0.413. The molecule has 5 aromatic rings. The predicted octanol–water partition coefficient (Wildman–Crippen LogP) is 4.53. The van der Waals surface area contributed by atoms with Crippen molar-refractivity contribution in [1.82, 2.24) is 19.6 Å². The molecule has 0 atom stereocenters. The highest BCUT2D eigenvalue weighted by atomic mass is 35.5. The van der Waals surface area contributed by atoms with Crippen molar-refractivity contribution in [1.29, 1.82) is 0 Å². The van der Waals surface area contributed by atoms with Gasteiger partial charge in [-0.2, -0.15) is 0 Å². The van der Waals surface area contributed by atoms with E-state index in [0.29, 0.717) is 22.8 Å². The molecule has 1 N–H and O–H groups in total. The van der Waals surface area contributed by atoms with Crippen LogP contribution in [0.15, 0.2) is 78.0 Å². The minimum atomic E-state index is -3.93. The van der Waals surface area contributed by atoms with Crippen LogP contribution in [0.25, 0.3) is 16.7 Å². The summed E-state index contributed by atoms with van der Waals surface area (Å²) >= 11 is 6.08. The maximum atomic E-state index is 12.8. The molecule has 11 heteroatoms. The number of aromatic nitrogens is 4. The first-order valence-electron chi connectivity index (χ1n) is 9.67. The second-order valence-electron chi connectivity index (χ2n) is 6.96. The Morgan fingerprint density at radius 1 is 1.00 bits per heavy atom. The number of para-hydroxylation sites is 2. The van der Waals surface area contributed by atoms with E-state index in [0.717, 1.165) is 11.0 Å². The molecular formula is C22H16ClN5O4S. The van der Waals surface area contributed by atoms with Gasteiger partial charge in [-0.3, -0.25) is 9.12 Å². The third-order valence-electron chi connectivity index (χ3n) is 4.85. The van der Waals surface area contributed by atoms with Gasteiger partial charge in [0.05, 0.1) is 23.2 Å². The van der Waals surface area contributed by atoms with Crippen LogP contribution in [0.1, 0.15) is 0 Å². The van der Waals surface area contributed by atoms with Crippen molar-refractivity contribution in [2.75, 3.05) is 11.8 Å². The summed E-state index contributed by atoms with van der Waals surface area (Å²) in [6, 6.07) is 18.4. The van der Waals surface area contributed by atoms with Gasteiger partial charge in [-0.15, -0.1) is 10.2 Å². The van der Waals surface area contributed by atoms with Crippen LogP contribution in [-0.2, 0) is 10.0 Å². The third kappa shape index (κ3) is 4.01. The van der Waals surface area contributed by atoms with Gasteiger partial charge in [0.25, 0.3) is 15.9 Å². The zero-order chi connectivity index (χ0) is 23.0. The molecular weight excluding hydrogens is 466 g/mol. The summed E-state index contributed by atoms with van der Waals surface area (Å²) in [6.07, 6.45) is 1.59. The number of nitrogens with one attached hydrogen (secondary N) is 1. The highest BCUT2D eigenvalue weighted by Crippen LogP contribution is 2.30. The van der Waals surface area contributed by atoms with E-state index in [-0.39, 0.29) is 15.8 Å². The molecule has 2 heterocycles. The zero-order valence-corrected chi connectivity index (χ0v) is 18.7. The lowest BCUT2D eigenvalue weighted by atomic mass is 10.3. The Hall–Kier alpha value is -3.89. The van der Waals surface area contributed by atoms with Crippen molar-refractivity contribution in [2.45, 2.75) is 4.90 Å². The van der Waals surface area contributed by atoms with Gasteiger partial charge >= 0.3 is 0 Å². The number of ether oxygens (including phenoxy) is 2. The summed E-state index contributed by atoms with van der Waals surface area (Å²) in [7, 11) is -2.48. The normalized spacial score (nSPS) is 11.6. The minimum Gasteiger partial charge on any atom is -0.497 e. The lowest BCUT2D eigenvalue weighted by Crippen LogP contribution is -2.13. The van der Waals surface area contributed by atoms with Gasteiger partial charge in [-0.1, -0.05) is 23.7 Å². The number of anilines is 1. The number of nitrogens with zero attached hydrogens (tertiary/aromatic N) is 4. The molecule has 3 aromatic carbocycles. The second kappa shape index (κ2) is 8.23. The van der Waals surface area contributed by atoms with E-state index >= 15 is 0 Å². The summed E-state index contributed by atoms with van der Waals surface area (Å²) in [5.41, 5.74) is 2.37. The van der Waals surface area contributed by atoms with Crippen LogP contribution in [0.3, 0.4) is 0 Å². The smallest absolute Gasteiger partial charge is 0.266 e. The number of rotatable bonds is 6. The molecule has 0 aliphatic rings. The first kappa shape index (κ1) is 21.0. The molecule has 9 nitrogen and oxygen atoms in total. The first-order chi connectivity index (χ1) is 15.9. The monoisotopic (exact) mass is 481 g/mol. The Kier molecular flexibility index (Phi) is 5.23. The highest BCUT2D eigenvalue weighted by Gasteiger charge is 2.19. The number of hydrogen-bond acceptors (Lipinski definition) is 7. The van der Waals surface area contributed by atoms with Crippen molar-refractivity contribution in [3.63, 3.8) is 0 Å². The zero-order valence-electron chi connectivity index (χ0n) is 17.1. The molecule has 0 unspecified atom stereocenters. The molecule has 0 amide bonds. The average Bonchev–Trinajstić information content (AvgIpc) is 3.31. The molecule has 0 saturated carbocycles. The Balaban J connectivity index is 1.41. The summed E-state index contributed by atoms with van der Waals surface area (Å²) in [5, 5.41) is 8.14. The SMILES string of the molecule is COc1ccc(Cl)c(S(=O)(=O)Nc2ccc(Oc3nc4ccccc4n4cnnc34)cc2)c1. The summed E-state index contributed by atoms with van der Waals surface area (Å²) in [6.45, 7) is 0. The quantitative estimate of drug-likeness (QED) is 0.379. The fraction of sp³-hybridized carbons (Fsp3) is 0.0455. The predicted molar refractivity (Wildman–Crippen MR) is 124 cm³/mol. The van der Waals surface area contributed by atoms with E-state index in [1.807, 2.05) is 24.3 Å². The standard InChI is InChI=1S/C22H16ClN5O4S/c1-31-16-10-11-17(23)20(12-16)33(29,30)27-14-6-8-15(9-7-14)32-22-21-26-24-13-28(21)19-5-3-2-4-18(19)25-22/h2-13,27H,1H3. The summed E-state index contributed by atoms with van der Waals surface area (Å²) in [4.78, 5) is 4.45. The molecule has 33 heavy (non-hydrogen) atoms. The number of halogens is 1. The van der Waals surface area contributed by atoms with E-state index in [1.54, 1.807) is 41.1 Å². The molecule has 0 aliphatic carbocycles. The Morgan fingerprint density at radius 2 is 1.76 bits per heavy atom. The minimum absolute atomic E-state index is 0.0848. The van der Waals surface area contributed by atoms with Crippen LogP contribution in [-0.4, -0.2) is 35.1 Å². The second-order valence-corrected chi connectivity index (χ2v) is 9.02. The molecule has 0 radical (unpaired) electrons. The Labute approximate surface area is 193 Å². The van der Waals surface area contributed by atoms with Crippen LogP contribution in [0.4, 0.5) is 5.69 Å². The molecule has 2 aromatic heterocycles. The van der Waals surface area contributed by atoms with Crippen LogP contribution in [0.5, 0.6) is 17.4 Å². The van der Waals surface area contributed by atoms with Crippen LogP contribution in [0.2, 0.25) is 5.02 Å². The topological polar surface area (TPSA) is 108 Å². The lowest BCUT2D eigenvalue weighted by Gasteiger charge is -2.12. The van der Waals surface area contributed by atoms with E-state index in [9.17, 15) is 8.42 Å². The number of hydrogen-bond donors (Lipinski definition) is 1. The third-order valence-corrected chi connectivity index (χ3v) is 6.71. The molecule has 5 rings (SSSR count). The van der Waals surface area contributed by atoms with Crippen LogP contribution in [0, 0.1) is 0 Å². The Bertz CT molecular complexity index is 1590. The van der Waals surface area contributed by atoms with Gasteiger partial charge in [-0.05, 0) is 48.5 Å². The maximum absolute atomic E-state index is 12.8. The van der Waals surface area contributed by atoms with Crippen molar-refractivity contribution < 1.29 is 17.9 Å². The molecule has 0 bridgehead atoms. The van der Waals surface area contributed by atoms with E-state index in [2.05, 4.69) is 19.9 Å². The van der Waals surface area contributed by atoms with Crippen molar-refractivity contribution in [3.05, 3.63) is 78.1 Å². The molecule has 0 spiro atoms. The fourth-order valence-corrected chi connectivity index (χ4v) is 4.85. The van der Waals surface area contributed by atoms with Gasteiger partial charge in [0.1, 0.15) is 22.7 Å². The van der Waals surface area contributed by atoms with Gasteiger partial charge in [0.2, 0.25) is 5.65 Å². The van der Waals surface area contributed by atoms with Crippen molar-refractivity contribution in [2.24, 2.45) is 0 Å². The average molecular weight is 482 g/mol. The van der Waals surface area contributed by atoms with Gasteiger partial charge in [-0.25, -0.2) is 13.4 Å². The van der Waals surface area contributed by atoms with Crippen molar-refractivity contribution in [3.8, 4) is 17.4 Å². The molecule has 0 fully saturated rings. The van der Waals surface area contributed by atoms with Crippen LogP contribution >= 0.6 is 11.6 Å². The number of sulfonamides is 1.